The normalized spacial score (nSPS) is 18.4. The van der Waals surface area contributed by atoms with Crippen molar-refractivity contribution < 1.29 is 22.7 Å². The monoisotopic (exact) mass is 413 g/mol. The van der Waals surface area contributed by atoms with Crippen LogP contribution in [0.25, 0.3) is 10.4 Å². The molecule has 0 radical (unpaired) electrons. The molecule has 1 saturated heterocycles. The number of ether oxygens (including phenoxy) is 1. The molecule has 0 saturated carbocycles. The van der Waals surface area contributed by atoms with Crippen LogP contribution in [0.4, 0.5) is 0 Å². The lowest BCUT2D eigenvalue weighted by Crippen LogP contribution is -2.38. The van der Waals surface area contributed by atoms with Crippen molar-refractivity contribution in [3.05, 3.63) is 46.3 Å². The predicted molar refractivity (Wildman–Crippen MR) is 100 cm³/mol. The third-order valence-electron chi connectivity index (χ3n) is 3.87. The minimum Gasteiger partial charge on any atom is -0.451 e. The fourth-order valence-electron chi connectivity index (χ4n) is 2.60. The number of nitrogens with one attached hydrogen (secondary N) is 1. The zero-order valence-electron chi connectivity index (χ0n) is 13.6. The molecule has 6 nitrogen and oxygen atoms in total. The number of thiophene rings is 1. The molecular formula is C17H16ClNO5S2. The summed E-state index contributed by atoms with van der Waals surface area (Å²) in [6.07, 6.45) is 0.386. The number of benzene rings is 1. The summed E-state index contributed by atoms with van der Waals surface area (Å²) < 4.78 is 27.7. The minimum absolute atomic E-state index is 0.0674. The number of carbonyl (C=O) groups excluding carboxylic acids is 2. The average Bonchev–Trinajstić information content (AvgIpc) is 3.20. The molecule has 1 fully saturated rings. The first-order chi connectivity index (χ1) is 12.3. The number of amides is 1. The van der Waals surface area contributed by atoms with E-state index in [1.165, 1.54) is 11.3 Å². The largest absolute Gasteiger partial charge is 0.451 e. The van der Waals surface area contributed by atoms with Crippen LogP contribution in [-0.4, -0.2) is 44.4 Å². The second-order valence-electron chi connectivity index (χ2n) is 5.91. The number of esters is 1. The van der Waals surface area contributed by atoms with E-state index >= 15 is 0 Å². The summed E-state index contributed by atoms with van der Waals surface area (Å²) in [7, 11) is -3.07. The van der Waals surface area contributed by atoms with Gasteiger partial charge in [0.2, 0.25) is 0 Å². The molecular weight excluding hydrogens is 398 g/mol. The molecule has 1 aromatic heterocycles. The van der Waals surface area contributed by atoms with Gasteiger partial charge in [0, 0.05) is 15.9 Å². The van der Waals surface area contributed by atoms with Gasteiger partial charge >= 0.3 is 5.97 Å². The second-order valence-corrected chi connectivity index (χ2v) is 9.66. The standard InChI is InChI=1S/C17H16ClNO5S2/c18-12-3-1-11(2-4-12)14-5-6-15(25-14)17(21)24-9-16(20)19-13-7-8-26(22,23)10-13/h1-6,13H,7-10H2,(H,19,20)/t13-/m1/s1. The summed E-state index contributed by atoms with van der Waals surface area (Å²) in [6.45, 7) is -0.441. The summed E-state index contributed by atoms with van der Waals surface area (Å²) in [5.41, 5.74) is 0.929. The average molecular weight is 414 g/mol. The summed E-state index contributed by atoms with van der Waals surface area (Å²) >= 11 is 7.12. The molecule has 1 N–H and O–H groups in total. The quantitative estimate of drug-likeness (QED) is 0.761. The van der Waals surface area contributed by atoms with Crippen LogP contribution < -0.4 is 5.32 Å². The van der Waals surface area contributed by atoms with E-state index in [2.05, 4.69) is 5.32 Å². The lowest BCUT2D eigenvalue weighted by Gasteiger charge is -2.10. The molecule has 138 valence electrons. The number of hydrogen-bond donors (Lipinski definition) is 1. The molecule has 1 atom stereocenters. The van der Waals surface area contributed by atoms with Crippen LogP contribution in [0.1, 0.15) is 16.1 Å². The summed E-state index contributed by atoms with van der Waals surface area (Å²) in [5.74, 6) is -1.10. The molecule has 1 amide bonds. The Kier molecular flexibility index (Phi) is 5.64. The lowest BCUT2D eigenvalue weighted by atomic mass is 10.2. The third kappa shape index (κ3) is 4.84. The van der Waals surface area contributed by atoms with Crippen LogP contribution in [0.3, 0.4) is 0 Å². The SMILES string of the molecule is O=C(COC(=O)c1ccc(-c2ccc(Cl)cc2)s1)N[C@@H]1CCS(=O)(=O)C1. The fraction of sp³-hybridized carbons (Fsp3) is 0.294. The molecule has 0 bridgehead atoms. The molecule has 2 heterocycles. The van der Waals surface area contributed by atoms with Gasteiger partial charge in [-0.3, -0.25) is 4.79 Å². The second kappa shape index (κ2) is 7.77. The van der Waals surface area contributed by atoms with Crippen molar-refractivity contribution in [1.29, 1.82) is 0 Å². The number of rotatable bonds is 5. The topological polar surface area (TPSA) is 89.5 Å². The van der Waals surface area contributed by atoms with Crippen molar-refractivity contribution in [3.8, 4) is 10.4 Å². The molecule has 9 heteroatoms. The van der Waals surface area contributed by atoms with Gasteiger partial charge in [0.25, 0.3) is 5.91 Å². The zero-order chi connectivity index (χ0) is 18.7. The Hall–Kier alpha value is -1.90. The Bertz CT molecular complexity index is 921. The van der Waals surface area contributed by atoms with Crippen molar-refractivity contribution in [3.63, 3.8) is 0 Å². The molecule has 1 aromatic carbocycles. The molecule has 3 rings (SSSR count). The van der Waals surface area contributed by atoms with Crippen molar-refractivity contribution in [2.45, 2.75) is 12.5 Å². The van der Waals surface area contributed by atoms with Crippen molar-refractivity contribution in [1.82, 2.24) is 5.32 Å². The number of sulfone groups is 1. The maximum absolute atomic E-state index is 12.1. The van der Waals surface area contributed by atoms with Gasteiger partial charge in [-0.05, 0) is 36.2 Å². The first-order valence-corrected chi connectivity index (χ1v) is 10.9. The van der Waals surface area contributed by atoms with Crippen LogP contribution in [0.2, 0.25) is 5.02 Å². The number of halogens is 1. The molecule has 0 spiro atoms. The molecule has 1 aliphatic heterocycles. The fourth-order valence-corrected chi connectivity index (χ4v) is 5.30. The van der Waals surface area contributed by atoms with Gasteiger partial charge in [0.05, 0.1) is 11.5 Å². The first-order valence-electron chi connectivity index (χ1n) is 7.85. The summed E-state index contributed by atoms with van der Waals surface area (Å²) in [4.78, 5) is 25.2. The van der Waals surface area contributed by atoms with Gasteiger partial charge in [-0.25, -0.2) is 13.2 Å². The van der Waals surface area contributed by atoms with Crippen molar-refractivity contribution in [2.75, 3.05) is 18.1 Å². The van der Waals surface area contributed by atoms with Crippen LogP contribution in [-0.2, 0) is 19.4 Å². The Morgan fingerprint density at radius 1 is 1.19 bits per heavy atom. The van der Waals surface area contributed by atoms with Gasteiger partial charge in [-0.2, -0.15) is 0 Å². The number of carbonyl (C=O) groups is 2. The van der Waals surface area contributed by atoms with Gasteiger partial charge in [-0.1, -0.05) is 23.7 Å². The van der Waals surface area contributed by atoms with Gasteiger partial charge < -0.3 is 10.1 Å². The van der Waals surface area contributed by atoms with E-state index in [1.807, 2.05) is 12.1 Å². The highest BCUT2D eigenvalue weighted by molar-refractivity contribution is 7.91. The van der Waals surface area contributed by atoms with Gasteiger partial charge in [-0.15, -0.1) is 11.3 Å². The number of hydrogen-bond acceptors (Lipinski definition) is 6. The van der Waals surface area contributed by atoms with E-state index in [4.69, 9.17) is 16.3 Å². The van der Waals surface area contributed by atoms with Gasteiger partial charge in [0.1, 0.15) is 4.88 Å². The summed E-state index contributed by atoms with van der Waals surface area (Å²) in [6, 6.07) is 10.3. The molecule has 2 aromatic rings. The third-order valence-corrected chi connectivity index (χ3v) is 7.00. The lowest BCUT2D eigenvalue weighted by molar-refractivity contribution is -0.124. The molecule has 26 heavy (non-hydrogen) atoms. The van der Waals surface area contributed by atoms with Crippen LogP contribution in [0, 0.1) is 0 Å². The van der Waals surface area contributed by atoms with E-state index < -0.39 is 34.4 Å². The van der Waals surface area contributed by atoms with Crippen molar-refractivity contribution in [2.24, 2.45) is 0 Å². The van der Waals surface area contributed by atoms with E-state index in [1.54, 1.807) is 24.3 Å². The van der Waals surface area contributed by atoms with Gasteiger partial charge in [0.15, 0.2) is 16.4 Å². The highest BCUT2D eigenvalue weighted by Crippen LogP contribution is 2.29. The highest BCUT2D eigenvalue weighted by atomic mass is 35.5. The Labute approximate surface area is 160 Å². The van der Waals surface area contributed by atoms with Crippen LogP contribution in [0.15, 0.2) is 36.4 Å². The first kappa shape index (κ1) is 18.9. The van der Waals surface area contributed by atoms with E-state index in [0.29, 0.717) is 16.3 Å². The molecule has 1 aliphatic rings. The van der Waals surface area contributed by atoms with E-state index in [9.17, 15) is 18.0 Å². The minimum atomic E-state index is -3.07. The van der Waals surface area contributed by atoms with E-state index in [0.717, 1.165) is 10.4 Å². The Morgan fingerprint density at radius 2 is 1.92 bits per heavy atom. The maximum Gasteiger partial charge on any atom is 0.348 e. The Balaban J connectivity index is 1.52. The molecule has 0 aliphatic carbocycles. The smallest absolute Gasteiger partial charge is 0.348 e. The molecule has 0 unspecified atom stereocenters. The Morgan fingerprint density at radius 3 is 2.58 bits per heavy atom. The van der Waals surface area contributed by atoms with Crippen LogP contribution in [0.5, 0.6) is 0 Å². The predicted octanol–water partition coefficient (Wildman–Crippen LogP) is 2.53. The van der Waals surface area contributed by atoms with E-state index in [-0.39, 0.29) is 11.5 Å². The maximum atomic E-state index is 12.1. The highest BCUT2D eigenvalue weighted by Gasteiger charge is 2.29. The zero-order valence-corrected chi connectivity index (χ0v) is 16.0. The van der Waals surface area contributed by atoms with Crippen molar-refractivity contribution >= 4 is 44.7 Å². The summed E-state index contributed by atoms with van der Waals surface area (Å²) in [5, 5.41) is 3.20. The van der Waals surface area contributed by atoms with Crippen LogP contribution >= 0.6 is 22.9 Å².